The quantitative estimate of drug-likeness (QED) is 0.675. The van der Waals surface area contributed by atoms with Crippen molar-refractivity contribution in [2.75, 3.05) is 6.79 Å². The summed E-state index contributed by atoms with van der Waals surface area (Å²) in [6.07, 6.45) is 4.97. The maximum Gasteiger partial charge on any atom is 0.242 e. The molecule has 4 rings (SSSR count). The maximum atomic E-state index is 13.3. The first-order valence-corrected chi connectivity index (χ1v) is 11.2. The molecule has 1 aliphatic carbocycles. The molecule has 0 aromatic heterocycles. The minimum Gasteiger partial charge on any atom is -0.454 e. The van der Waals surface area contributed by atoms with Gasteiger partial charge >= 0.3 is 0 Å². The number of nitrogens with one attached hydrogen (secondary N) is 1. The Morgan fingerprint density at radius 1 is 1.06 bits per heavy atom. The Balaban J connectivity index is 1.44. The number of halogens is 1. The molecule has 1 atom stereocenters. The van der Waals surface area contributed by atoms with Gasteiger partial charge in [0.25, 0.3) is 0 Å². The van der Waals surface area contributed by atoms with Gasteiger partial charge in [-0.2, -0.15) is 0 Å². The van der Waals surface area contributed by atoms with E-state index in [0.717, 1.165) is 36.8 Å². The van der Waals surface area contributed by atoms with Gasteiger partial charge in [0, 0.05) is 19.0 Å². The van der Waals surface area contributed by atoms with E-state index in [2.05, 4.69) is 5.32 Å². The summed E-state index contributed by atoms with van der Waals surface area (Å²) in [6, 6.07) is 11.2. The lowest BCUT2D eigenvalue weighted by atomic mass is 10.1. The number of hydrogen-bond donors (Lipinski definition) is 1. The van der Waals surface area contributed by atoms with Crippen LogP contribution in [-0.2, 0) is 22.6 Å². The number of ether oxygens (including phenoxy) is 2. The SMILES string of the molecule is C[C@H](C(=O)NC1CCCC1)N(Cc1ccc(F)cc1)C(=O)CCc1ccc2c(c1)OCO2. The van der Waals surface area contributed by atoms with Gasteiger partial charge in [0.05, 0.1) is 0 Å². The molecule has 1 saturated carbocycles. The maximum absolute atomic E-state index is 13.3. The number of benzene rings is 2. The normalized spacial score (nSPS) is 16.1. The fourth-order valence-electron chi connectivity index (χ4n) is 4.25. The van der Waals surface area contributed by atoms with E-state index < -0.39 is 6.04 Å². The molecule has 1 N–H and O–H groups in total. The summed E-state index contributed by atoms with van der Waals surface area (Å²) in [4.78, 5) is 27.7. The van der Waals surface area contributed by atoms with E-state index in [1.165, 1.54) is 12.1 Å². The molecule has 1 fully saturated rings. The van der Waals surface area contributed by atoms with Crippen LogP contribution < -0.4 is 14.8 Å². The van der Waals surface area contributed by atoms with Gasteiger partial charge in [0.15, 0.2) is 11.5 Å². The first kappa shape index (κ1) is 22.1. The Bertz CT molecular complexity index is 957. The molecule has 2 aliphatic rings. The number of carbonyl (C=O) groups excluding carboxylic acids is 2. The fourth-order valence-corrected chi connectivity index (χ4v) is 4.25. The molecule has 0 radical (unpaired) electrons. The van der Waals surface area contributed by atoms with E-state index in [4.69, 9.17) is 9.47 Å². The molecule has 0 bridgehead atoms. The first-order valence-electron chi connectivity index (χ1n) is 11.2. The molecule has 2 aromatic carbocycles. The van der Waals surface area contributed by atoms with Crippen molar-refractivity contribution in [2.45, 2.75) is 64.1 Å². The Hall–Kier alpha value is -3.09. The van der Waals surface area contributed by atoms with Crippen molar-refractivity contribution in [1.29, 1.82) is 0 Å². The minimum atomic E-state index is -0.620. The highest BCUT2D eigenvalue weighted by Crippen LogP contribution is 2.32. The standard InChI is InChI=1S/C25H29FN2O4/c1-17(25(30)27-21-4-2-3-5-21)28(15-19-6-10-20(26)11-7-19)24(29)13-9-18-8-12-22-23(14-18)32-16-31-22/h6-8,10-12,14,17,21H,2-5,9,13,15-16H2,1H3,(H,27,30)/t17-/m1/s1. The van der Waals surface area contributed by atoms with Gasteiger partial charge in [-0.15, -0.1) is 0 Å². The van der Waals surface area contributed by atoms with Gasteiger partial charge in [0.2, 0.25) is 18.6 Å². The third kappa shape index (κ3) is 5.39. The number of rotatable bonds is 8. The van der Waals surface area contributed by atoms with Crippen LogP contribution in [0.3, 0.4) is 0 Å². The molecule has 1 aliphatic heterocycles. The third-order valence-electron chi connectivity index (χ3n) is 6.20. The lowest BCUT2D eigenvalue weighted by Crippen LogP contribution is -2.49. The number of fused-ring (bicyclic) bond motifs is 1. The molecule has 7 heteroatoms. The zero-order chi connectivity index (χ0) is 22.5. The van der Waals surface area contributed by atoms with E-state index >= 15 is 0 Å². The molecule has 170 valence electrons. The van der Waals surface area contributed by atoms with Gasteiger partial charge in [0.1, 0.15) is 11.9 Å². The van der Waals surface area contributed by atoms with Crippen molar-refractivity contribution in [3.8, 4) is 11.5 Å². The summed E-state index contributed by atoms with van der Waals surface area (Å²) in [5.41, 5.74) is 1.75. The average Bonchev–Trinajstić information content (AvgIpc) is 3.48. The van der Waals surface area contributed by atoms with Gasteiger partial charge in [-0.1, -0.05) is 31.0 Å². The van der Waals surface area contributed by atoms with Crippen molar-refractivity contribution < 1.29 is 23.5 Å². The summed E-state index contributed by atoms with van der Waals surface area (Å²) in [5.74, 6) is 0.788. The van der Waals surface area contributed by atoms with Crippen LogP contribution in [0.4, 0.5) is 4.39 Å². The van der Waals surface area contributed by atoms with Gasteiger partial charge in [-0.3, -0.25) is 9.59 Å². The molecule has 32 heavy (non-hydrogen) atoms. The monoisotopic (exact) mass is 440 g/mol. The third-order valence-corrected chi connectivity index (χ3v) is 6.20. The summed E-state index contributed by atoms with van der Waals surface area (Å²) in [6.45, 7) is 2.21. The van der Waals surface area contributed by atoms with Crippen molar-refractivity contribution >= 4 is 11.8 Å². The molecule has 1 heterocycles. The molecule has 0 saturated heterocycles. The Morgan fingerprint density at radius 3 is 2.50 bits per heavy atom. The Morgan fingerprint density at radius 2 is 1.75 bits per heavy atom. The van der Waals surface area contributed by atoms with Crippen LogP contribution in [0.25, 0.3) is 0 Å². The lowest BCUT2D eigenvalue weighted by Gasteiger charge is -2.30. The highest BCUT2D eigenvalue weighted by atomic mass is 19.1. The highest BCUT2D eigenvalue weighted by molar-refractivity contribution is 5.87. The largest absolute Gasteiger partial charge is 0.454 e. The van der Waals surface area contributed by atoms with Crippen LogP contribution in [0, 0.1) is 5.82 Å². The number of aryl methyl sites for hydroxylation is 1. The Kier molecular flexibility index (Phi) is 6.93. The average molecular weight is 441 g/mol. The Labute approximate surface area is 187 Å². The lowest BCUT2D eigenvalue weighted by molar-refractivity contribution is -0.140. The molecular formula is C25H29FN2O4. The number of carbonyl (C=O) groups is 2. The molecule has 2 aromatic rings. The second-order valence-electron chi connectivity index (χ2n) is 8.50. The molecule has 0 unspecified atom stereocenters. The van der Waals surface area contributed by atoms with Gasteiger partial charge < -0.3 is 19.7 Å². The zero-order valence-corrected chi connectivity index (χ0v) is 18.3. The second kappa shape index (κ2) is 10.0. The van der Waals surface area contributed by atoms with Crippen LogP contribution in [0.15, 0.2) is 42.5 Å². The van der Waals surface area contributed by atoms with E-state index in [1.807, 2.05) is 18.2 Å². The zero-order valence-electron chi connectivity index (χ0n) is 18.3. The molecule has 2 amide bonds. The first-order chi connectivity index (χ1) is 15.5. The number of nitrogens with zero attached hydrogens (tertiary/aromatic N) is 1. The van der Waals surface area contributed by atoms with Crippen LogP contribution >= 0.6 is 0 Å². The second-order valence-corrected chi connectivity index (χ2v) is 8.50. The van der Waals surface area contributed by atoms with Crippen LogP contribution in [0.1, 0.15) is 50.2 Å². The summed E-state index contributed by atoms with van der Waals surface area (Å²) < 4.78 is 24.1. The fraction of sp³-hybridized carbons (Fsp3) is 0.440. The molecular weight excluding hydrogens is 411 g/mol. The summed E-state index contributed by atoms with van der Waals surface area (Å²) >= 11 is 0. The summed E-state index contributed by atoms with van der Waals surface area (Å²) in [5, 5.41) is 3.09. The smallest absolute Gasteiger partial charge is 0.242 e. The van der Waals surface area contributed by atoms with Gasteiger partial charge in [-0.25, -0.2) is 4.39 Å². The van der Waals surface area contributed by atoms with E-state index in [0.29, 0.717) is 17.9 Å². The minimum absolute atomic E-state index is 0.124. The van der Waals surface area contributed by atoms with Crippen molar-refractivity contribution in [1.82, 2.24) is 10.2 Å². The molecule has 6 nitrogen and oxygen atoms in total. The van der Waals surface area contributed by atoms with Crippen molar-refractivity contribution in [3.05, 3.63) is 59.4 Å². The number of amides is 2. The highest BCUT2D eigenvalue weighted by Gasteiger charge is 2.28. The van der Waals surface area contributed by atoms with E-state index in [9.17, 15) is 14.0 Å². The van der Waals surface area contributed by atoms with Crippen molar-refractivity contribution in [2.24, 2.45) is 0 Å². The van der Waals surface area contributed by atoms with Crippen LogP contribution in [-0.4, -0.2) is 35.6 Å². The number of hydrogen-bond acceptors (Lipinski definition) is 4. The predicted molar refractivity (Wildman–Crippen MR) is 118 cm³/mol. The molecule has 0 spiro atoms. The van der Waals surface area contributed by atoms with Crippen molar-refractivity contribution in [3.63, 3.8) is 0 Å². The van der Waals surface area contributed by atoms with Crippen LogP contribution in [0.2, 0.25) is 0 Å². The van der Waals surface area contributed by atoms with E-state index in [1.54, 1.807) is 24.0 Å². The van der Waals surface area contributed by atoms with E-state index in [-0.39, 0.29) is 43.4 Å². The predicted octanol–water partition coefficient (Wildman–Crippen LogP) is 3.96. The summed E-state index contributed by atoms with van der Waals surface area (Å²) in [7, 11) is 0. The van der Waals surface area contributed by atoms with Crippen LogP contribution in [0.5, 0.6) is 11.5 Å². The topological polar surface area (TPSA) is 67.9 Å². The van der Waals surface area contributed by atoms with Gasteiger partial charge in [-0.05, 0) is 61.6 Å².